The van der Waals surface area contributed by atoms with Gasteiger partial charge in [0.25, 0.3) is 0 Å². The van der Waals surface area contributed by atoms with Gasteiger partial charge >= 0.3 is 0 Å². The molecule has 0 aliphatic heterocycles. The van der Waals surface area contributed by atoms with Gasteiger partial charge in [-0.1, -0.05) is 12.1 Å². The predicted octanol–water partition coefficient (Wildman–Crippen LogP) is 0.988. The number of nitrogens with zero attached hydrogens (tertiary/aromatic N) is 1. The highest BCUT2D eigenvalue weighted by atomic mass is 16.3. The Hall–Kier alpha value is -1.39. The summed E-state index contributed by atoms with van der Waals surface area (Å²) in [7, 11) is 1.96. The summed E-state index contributed by atoms with van der Waals surface area (Å²) in [5, 5.41) is 9.26. The van der Waals surface area contributed by atoms with E-state index in [1.54, 1.807) is 12.1 Å². The Labute approximate surface area is 102 Å². The number of carbonyl (C=O) groups excluding carboxylic acids is 1. The lowest BCUT2D eigenvalue weighted by atomic mass is 10.0. The monoisotopic (exact) mass is 236 g/mol. The number of aliphatic hydroxyl groups excluding tert-OH is 1. The maximum Gasteiger partial charge on any atom is 0.248 e. The zero-order chi connectivity index (χ0) is 13.1. The summed E-state index contributed by atoms with van der Waals surface area (Å²) in [6, 6.07) is 7.20. The number of carbonyl (C=O) groups is 1. The van der Waals surface area contributed by atoms with E-state index in [1.807, 2.05) is 33.0 Å². The Morgan fingerprint density at radius 1 is 1.35 bits per heavy atom. The second kappa shape index (κ2) is 5.29. The minimum atomic E-state index is -0.416. The first-order valence-electron chi connectivity index (χ1n) is 5.57. The molecule has 0 spiro atoms. The Balaban J connectivity index is 2.73. The van der Waals surface area contributed by atoms with Crippen molar-refractivity contribution in [2.24, 2.45) is 5.73 Å². The molecule has 0 aromatic heterocycles. The number of hydrogen-bond acceptors (Lipinski definition) is 3. The molecule has 1 amide bonds. The van der Waals surface area contributed by atoms with Crippen LogP contribution in [0.25, 0.3) is 0 Å². The van der Waals surface area contributed by atoms with Gasteiger partial charge in [0.2, 0.25) is 5.91 Å². The zero-order valence-electron chi connectivity index (χ0n) is 10.6. The standard InChI is InChI=1S/C13H20N2O2/c1-13(2,9-16)15(3)8-10-4-6-11(7-5-10)12(14)17/h4-7,16H,8-9H2,1-3H3,(H2,14,17). The van der Waals surface area contributed by atoms with Gasteiger partial charge in [-0.2, -0.15) is 0 Å². The third-order valence-electron chi connectivity index (χ3n) is 3.08. The maximum atomic E-state index is 10.9. The van der Waals surface area contributed by atoms with Crippen LogP contribution in [-0.2, 0) is 6.54 Å². The van der Waals surface area contributed by atoms with Gasteiger partial charge in [0.15, 0.2) is 0 Å². The van der Waals surface area contributed by atoms with Gasteiger partial charge in [0, 0.05) is 17.6 Å². The van der Waals surface area contributed by atoms with Crippen LogP contribution in [0.5, 0.6) is 0 Å². The highest BCUT2D eigenvalue weighted by Gasteiger charge is 2.22. The van der Waals surface area contributed by atoms with Crippen molar-refractivity contribution in [1.82, 2.24) is 4.90 Å². The van der Waals surface area contributed by atoms with Crippen LogP contribution in [0.3, 0.4) is 0 Å². The third kappa shape index (κ3) is 3.54. The van der Waals surface area contributed by atoms with E-state index in [1.165, 1.54) is 0 Å². The van der Waals surface area contributed by atoms with E-state index in [9.17, 15) is 9.90 Å². The lowest BCUT2D eigenvalue weighted by Gasteiger charge is -2.33. The molecule has 1 aromatic carbocycles. The molecule has 4 nitrogen and oxygen atoms in total. The van der Waals surface area contributed by atoms with Gasteiger partial charge in [-0.3, -0.25) is 9.69 Å². The molecule has 1 aromatic rings. The first-order valence-corrected chi connectivity index (χ1v) is 5.57. The molecule has 0 saturated heterocycles. The molecular formula is C13H20N2O2. The van der Waals surface area contributed by atoms with E-state index in [0.29, 0.717) is 12.1 Å². The lowest BCUT2D eigenvalue weighted by molar-refractivity contribution is 0.0734. The zero-order valence-corrected chi connectivity index (χ0v) is 10.6. The highest BCUT2D eigenvalue weighted by Crippen LogP contribution is 2.15. The van der Waals surface area contributed by atoms with Crippen molar-refractivity contribution in [2.75, 3.05) is 13.7 Å². The van der Waals surface area contributed by atoms with Crippen LogP contribution in [0.15, 0.2) is 24.3 Å². The molecule has 94 valence electrons. The van der Waals surface area contributed by atoms with Gasteiger partial charge in [-0.15, -0.1) is 0 Å². The predicted molar refractivity (Wildman–Crippen MR) is 67.6 cm³/mol. The van der Waals surface area contributed by atoms with Crippen LogP contribution in [-0.4, -0.2) is 35.1 Å². The number of nitrogens with two attached hydrogens (primary N) is 1. The molecule has 0 bridgehead atoms. The molecule has 0 heterocycles. The summed E-state index contributed by atoms with van der Waals surface area (Å²) in [6.45, 7) is 4.77. The number of aliphatic hydroxyl groups is 1. The lowest BCUT2D eigenvalue weighted by Crippen LogP contribution is -2.43. The molecule has 0 aliphatic rings. The van der Waals surface area contributed by atoms with Gasteiger partial charge in [0.05, 0.1) is 6.61 Å². The average Bonchev–Trinajstić information content (AvgIpc) is 2.29. The molecule has 0 unspecified atom stereocenters. The molecule has 0 saturated carbocycles. The second-order valence-electron chi connectivity index (χ2n) is 4.89. The normalized spacial score (nSPS) is 11.8. The minimum Gasteiger partial charge on any atom is -0.394 e. The van der Waals surface area contributed by atoms with E-state index in [-0.39, 0.29) is 12.1 Å². The van der Waals surface area contributed by atoms with Crippen LogP contribution in [0.1, 0.15) is 29.8 Å². The molecule has 4 heteroatoms. The molecule has 1 rings (SSSR count). The summed E-state index contributed by atoms with van der Waals surface area (Å²) in [5.74, 6) is -0.416. The van der Waals surface area contributed by atoms with E-state index >= 15 is 0 Å². The molecule has 3 N–H and O–H groups in total. The molecule has 17 heavy (non-hydrogen) atoms. The Bertz CT molecular complexity index is 385. The number of hydrogen-bond donors (Lipinski definition) is 2. The first-order chi connectivity index (χ1) is 7.86. The van der Waals surface area contributed by atoms with E-state index in [2.05, 4.69) is 4.90 Å². The summed E-state index contributed by atoms with van der Waals surface area (Å²) < 4.78 is 0. The van der Waals surface area contributed by atoms with Crippen LogP contribution in [0.2, 0.25) is 0 Å². The summed E-state index contributed by atoms with van der Waals surface area (Å²) in [4.78, 5) is 13.0. The van der Waals surface area contributed by atoms with Crippen molar-refractivity contribution in [3.05, 3.63) is 35.4 Å². The summed E-state index contributed by atoms with van der Waals surface area (Å²) >= 11 is 0. The van der Waals surface area contributed by atoms with Crippen LogP contribution < -0.4 is 5.73 Å². The summed E-state index contributed by atoms with van der Waals surface area (Å²) in [6.07, 6.45) is 0. The van der Waals surface area contributed by atoms with Crippen molar-refractivity contribution in [2.45, 2.75) is 25.9 Å². The number of amides is 1. The van der Waals surface area contributed by atoms with Crippen molar-refractivity contribution in [1.29, 1.82) is 0 Å². The summed E-state index contributed by atoms with van der Waals surface area (Å²) in [5.41, 5.74) is 6.51. The van der Waals surface area contributed by atoms with Crippen LogP contribution in [0.4, 0.5) is 0 Å². The van der Waals surface area contributed by atoms with E-state index in [4.69, 9.17) is 5.73 Å². The second-order valence-corrected chi connectivity index (χ2v) is 4.89. The molecular weight excluding hydrogens is 216 g/mol. The fraction of sp³-hybridized carbons (Fsp3) is 0.462. The average molecular weight is 236 g/mol. The minimum absolute atomic E-state index is 0.100. The van der Waals surface area contributed by atoms with Crippen molar-refractivity contribution in [3.8, 4) is 0 Å². The van der Waals surface area contributed by atoms with E-state index < -0.39 is 5.91 Å². The maximum absolute atomic E-state index is 10.9. The van der Waals surface area contributed by atoms with Crippen LogP contribution >= 0.6 is 0 Å². The fourth-order valence-corrected chi connectivity index (χ4v) is 1.38. The largest absolute Gasteiger partial charge is 0.394 e. The topological polar surface area (TPSA) is 66.6 Å². The number of likely N-dealkylation sites (N-methyl/N-ethyl adjacent to an activating group) is 1. The Kier molecular flexibility index (Phi) is 4.26. The molecule has 0 atom stereocenters. The Morgan fingerprint density at radius 2 is 1.88 bits per heavy atom. The number of rotatable bonds is 5. The first kappa shape index (κ1) is 13.7. The smallest absolute Gasteiger partial charge is 0.248 e. The van der Waals surface area contributed by atoms with Crippen LogP contribution in [0, 0.1) is 0 Å². The molecule has 0 aliphatic carbocycles. The molecule has 0 radical (unpaired) electrons. The SMILES string of the molecule is CN(Cc1ccc(C(N)=O)cc1)C(C)(C)CO. The van der Waals surface area contributed by atoms with Gasteiger partial charge in [0.1, 0.15) is 0 Å². The van der Waals surface area contributed by atoms with Gasteiger partial charge in [-0.05, 0) is 38.6 Å². The fourth-order valence-electron chi connectivity index (χ4n) is 1.38. The van der Waals surface area contributed by atoms with Crippen molar-refractivity contribution in [3.63, 3.8) is 0 Å². The quantitative estimate of drug-likeness (QED) is 0.801. The number of benzene rings is 1. The van der Waals surface area contributed by atoms with Gasteiger partial charge < -0.3 is 10.8 Å². The number of primary amides is 1. The Morgan fingerprint density at radius 3 is 2.29 bits per heavy atom. The van der Waals surface area contributed by atoms with Crippen molar-refractivity contribution < 1.29 is 9.90 Å². The highest BCUT2D eigenvalue weighted by molar-refractivity contribution is 5.92. The molecule has 0 fully saturated rings. The third-order valence-corrected chi connectivity index (χ3v) is 3.08. The van der Waals surface area contributed by atoms with Gasteiger partial charge in [-0.25, -0.2) is 0 Å². The van der Waals surface area contributed by atoms with Crippen molar-refractivity contribution >= 4 is 5.91 Å². The van der Waals surface area contributed by atoms with E-state index in [0.717, 1.165) is 5.56 Å².